The molecule has 18 heavy (non-hydrogen) atoms. The number of rotatable bonds is 2. The summed E-state index contributed by atoms with van der Waals surface area (Å²) in [5, 5.41) is 2.14. The molecular formula is C14H21NO2S. The van der Waals surface area contributed by atoms with Gasteiger partial charge < -0.3 is 9.64 Å². The van der Waals surface area contributed by atoms with E-state index in [0.717, 1.165) is 19.4 Å². The number of thiophene rings is 1. The van der Waals surface area contributed by atoms with Crippen LogP contribution >= 0.6 is 11.3 Å². The lowest BCUT2D eigenvalue weighted by Gasteiger charge is -2.26. The predicted octanol–water partition coefficient (Wildman–Crippen LogP) is 3.64. The lowest BCUT2D eigenvalue weighted by atomic mass is 10.0. The van der Waals surface area contributed by atoms with Crippen LogP contribution in [0.1, 0.15) is 43.6 Å². The first-order chi connectivity index (χ1) is 8.37. The average Bonchev–Trinajstić information content (AvgIpc) is 2.80. The van der Waals surface area contributed by atoms with E-state index in [1.54, 1.807) is 4.90 Å². The minimum absolute atomic E-state index is 0.230. The van der Waals surface area contributed by atoms with Crippen molar-refractivity contribution in [1.29, 1.82) is 0 Å². The highest BCUT2D eigenvalue weighted by atomic mass is 32.1. The number of hydrogen-bond donors (Lipinski definition) is 0. The Kier molecular flexibility index (Phi) is 3.66. The second-order valence-electron chi connectivity index (χ2n) is 5.90. The van der Waals surface area contributed by atoms with E-state index in [-0.39, 0.29) is 6.09 Å². The second-order valence-corrected chi connectivity index (χ2v) is 6.90. The molecule has 0 saturated heterocycles. The third kappa shape index (κ3) is 3.05. The van der Waals surface area contributed by atoms with Gasteiger partial charge in [-0.25, -0.2) is 4.79 Å². The number of ether oxygens (including phenoxy) is 1. The maximum absolute atomic E-state index is 11.9. The van der Waals surface area contributed by atoms with Crippen molar-refractivity contribution in [3.8, 4) is 0 Å². The molecule has 1 heterocycles. The van der Waals surface area contributed by atoms with Crippen LogP contribution < -0.4 is 0 Å². The summed E-state index contributed by atoms with van der Waals surface area (Å²) in [6.45, 7) is 6.43. The maximum Gasteiger partial charge on any atom is 0.410 e. The molecule has 1 aliphatic carbocycles. The minimum Gasteiger partial charge on any atom is -0.444 e. The summed E-state index contributed by atoms with van der Waals surface area (Å²) >= 11 is 1.83. The molecule has 1 atom stereocenters. The largest absolute Gasteiger partial charge is 0.444 e. The normalized spacial score (nSPS) is 18.6. The molecule has 0 saturated carbocycles. The number of carbonyl (C=O) groups excluding carboxylic acids is 1. The van der Waals surface area contributed by atoms with Crippen LogP contribution in [-0.4, -0.2) is 30.2 Å². The van der Waals surface area contributed by atoms with E-state index in [1.807, 2.05) is 39.2 Å². The number of nitrogens with zero attached hydrogens (tertiary/aromatic N) is 1. The van der Waals surface area contributed by atoms with Gasteiger partial charge in [0, 0.05) is 24.4 Å². The van der Waals surface area contributed by atoms with E-state index < -0.39 is 5.60 Å². The van der Waals surface area contributed by atoms with Crippen molar-refractivity contribution in [3.63, 3.8) is 0 Å². The summed E-state index contributed by atoms with van der Waals surface area (Å²) in [5.41, 5.74) is 1.00. The highest BCUT2D eigenvalue weighted by molar-refractivity contribution is 7.10. The summed E-state index contributed by atoms with van der Waals surface area (Å²) < 4.78 is 5.37. The molecule has 0 bridgehead atoms. The maximum atomic E-state index is 11.9. The van der Waals surface area contributed by atoms with Crippen molar-refractivity contribution in [2.24, 2.45) is 0 Å². The molecule has 100 valence electrons. The van der Waals surface area contributed by atoms with Crippen molar-refractivity contribution in [2.45, 2.75) is 45.1 Å². The number of amides is 1. The molecule has 3 nitrogen and oxygen atoms in total. The highest BCUT2D eigenvalue weighted by Crippen LogP contribution is 2.36. The summed E-state index contributed by atoms with van der Waals surface area (Å²) in [6, 6.07) is 2.20. The fourth-order valence-electron chi connectivity index (χ4n) is 2.31. The topological polar surface area (TPSA) is 29.5 Å². The van der Waals surface area contributed by atoms with Gasteiger partial charge in [0.25, 0.3) is 0 Å². The van der Waals surface area contributed by atoms with Gasteiger partial charge in [-0.05, 0) is 50.6 Å². The van der Waals surface area contributed by atoms with Crippen LogP contribution in [-0.2, 0) is 11.2 Å². The van der Waals surface area contributed by atoms with Crippen molar-refractivity contribution >= 4 is 17.4 Å². The number of likely N-dealkylation sites (N-methyl/N-ethyl adjacent to an activating group) is 1. The molecule has 2 rings (SSSR count). The summed E-state index contributed by atoms with van der Waals surface area (Å²) in [6.07, 6.45) is 2.07. The van der Waals surface area contributed by atoms with Crippen molar-refractivity contribution in [3.05, 3.63) is 21.9 Å². The molecule has 4 heteroatoms. The fourth-order valence-corrected chi connectivity index (χ4v) is 3.30. The van der Waals surface area contributed by atoms with Crippen molar-refractivity contribution in [1.82, 2.24) is 4.90 Å². The van der Waals surface area contributed by atoms with Crippen LogP contribution in [0.15, 0.2) is 11.4 Å². The summed E-state index contributed by atoms with van der Waals surface area (Å²) in [4.78, 5) is 15.1. The first-order valence-corrected chi connectivity index (χ1v) is 7.25. The third-order valence-corrected chi connectivity index (χ3v) is 4.14. The van der Waals surface area contributed by atoms with Crippen molar-refractivity contribution < 1.29 is 9.53 Å². The smallest absolute Gasteiger partial charge is 0.410 e. The zero-order valence-corrected chi connectivity index (χ0v) is 12.3. The molecule has 0 aliphatic heterocycles. The second kappa shape index (κ2) is 4.92. The van der Waals surface area contributed by atoms with Gasteiger partial charge in [0.1, 0.15) is 5.60 Å². The molecule has 1 aromatic rings. The lowest BCUT2D eigenvalue weighted by molar-refractivity contribution is 0.0289. The van der Waals surface area contributed by atoms with E-state index in [1.165, 1.54) is 10.4 Å². The molecular weight excluding hydrogens is 246 g/mol. The van der Waals surface area contributed by atoms with Gasteiger partial charge in [-0.1, -0.05) is 0 Å². The molecule has 1 aromatic heterocycles. The SMILES string of the molecule is CN(CC1CCc2sccc21)C(=O)OC(C)(C)C. The third-order valence-electron chi connectivity index (χ3n) is 3.14. The number of aryl methyl sites for hydroxylation is 1. The first-order valence-electron chi connectivity index (χ1n) is 6.37. The molecule has 1 aliphatic rings. The Labute approximate surface area is 113 Å². The number of hydrogen-bond acceptors (Lipinski definition) is 3. The number of fused-ring (bicyclic) bond motifs is 1. The Morgan fingerprint density at radius 1 is 1.56 bits per heavy atom. The Balaban J connectivity index is 1.93. The van der Waals surface area contributed by atoms with Crippen molar-refractivity contribution in [2.75, 3.05) is 13.6 Å². The predicted molar refractivity (Wildman–Crippen MR) is 74.2 cm³/mol. The quantitative estimate of drug-likeness (QED) is 0.818. The summed E-state index contributed by atoms with van der Waals surface area (Å²) in [7, 11) is 1.82. The highest BCUT2D eigenvalue weighted by Gasteiger charge is 2.27. The Bertz CT molecular complexity index is 433. The first kappa shape index (κ1) is 13.4. The van der Waals surface area contributed by atoms with E-state index in [2.05, 4.69) is 11.4 Å². The van der Waals surface area contributed by atoms with Crippen LogP contribution in [0, 0.1) is 0 Å². The Morgan fingerprint density at radius 3 is 2.94 bits per heavy atom. The van der Waals surface area contributed by atoms with E-state index >= 15 is 0 Å². The average molecular weight is 267 g/mol. The molecule has 0 aromatic carbocycles. The van der Waals surface area contributed by atoms with Crippen LogP contribution in [0.4, 0.5) is 4.79 Å². The van der Waals surface area contributed by atoms with Gasteiger partial charge in [0.05, 0.1) is 0 Å². The molecule has 1 amide bonds. The van der Waals surface area contributed by atoms with E-state index in [4.69, 9.17) is 4.74 Å². The van der Waals surface area contributed by atoms with E-state index in [0.29, 0.717) is 5.92 Å². The van der Waals surface area contributed by atoms with Crippen LogP contribution in [0.5, 0.6) is 0 Å². The zero-order valence-electron chi connectivity index (χ0n) is 11.5. The molecule has 0 N–H and O–H groups in total. The van der Waals surface area contributed by atoms with Gasteiger partial charge in [0.15, 0.2) is 0 Å². The van der Waals surface area contributed by atoms with Gasteiger partial charge >= 0.3 is 6.09 Å². The Morgan fingerprint density at radius 2 is 2.28 bits per heavy atom. The van der Waals surface area contributed by atoms with Crippen LogP contribution in [0.2, 0.25) is 0 Å². The summed E-state index contributed by atoms with van der Waals surface area (Å²) in [5.74, 6) is 0.476. The molecule has 0 spiro atoms. The lowest BCUT2D eigenvalue weighted by Crippen LogP contribution is -2.36. The zero-order chi connectivity index (χ0) is 13.3. The van der Waals surface area contributed by atoms with Gasteiger partial charge in [-0.3, -0.25) is 0 Å². The van der Waals surface area contributed by atoms with Crippen LogP contribution in [0.3, 0.4) is 0 Å². The molecule has 1 unspecified atom stereocenters. The fraction of sp³-hybridized carbons (Fsp3) is 0.643. The minimum atomic E-state index is -0.422. The standard InChI is InChI=1S/C14H21NO2S/c1-14(2,3)17-13(16)15(4)9-10-5-6-12-11(10)7-8-18-12/h7-8,10H,5-6,9H2,1-4H3. The number of carbonyl (C=O) groups is 1. The Hall–Kier alpha value is -1.03. The monoisotopic (exact) mass is 267 g/mol. The van der Waals surface area contributed by atoms with E-state index in [9.17, 15) is 4.79 Å². The van der Waals surface area contributed by atoms with Gasteiger partial charge in [-0.2, -0.15) is 0 Å². The van der Waals surface area contributed by atoms with Crippen LogP contribution in [0.25, 0.3) is 0 Å². The van der Waals surface area contributed by atoms with Gasteiger partial charge in [-0.15, -0.1) is 11.3 Å². The molecule has 0 radical (unpaired) electrons. The molecule has 0 fully saturated rings. The van der Waals surface area contributed by atoms with Gasteiger partial charge in [0.2, 0.25) is 0 Å².